The number of aliphatic hydroxyl groups excluding tert-OH is 1. The predicted molar refractivity (Wildman–Crippen MR) is 69.3 cm³/mol. The van der Waals surface area contributed by atoms with Crippen LogP contribution in [0.2, 0.25) is 0 Å². The molecule has 2 unspecified atom stereocenters. The minimum atomic E-state index is -0.242. The molecule has 1 aliphatic heterocycles. The third-order valence-electron chi connectivity index (χ3n) is 3.34. The Morgan fingerprint density at radius 2 is 2.12 bits per heavy atom. The Bertz CT molecular complexity index is 357. The summed E-state index contributed by atoms with van der Waals surface area (Å²) in [6.07, 6.45) is 2.84. The Balaban J connectivity index is 1.95. The maximum Gasteiger partial charge on any atom is 0.123 e. The highest BCUT2D eigenvalue weighted by atomic mass is 16.5. The molecule has 1 aromatic rings. The van der Waals surface area contributed by atoms with Crippen molar-refractivity contribution in [1.29, 1.82) is 0 Å². The number of hydrogen-bond donors (Lipinski definition) is 1. The van der Waals surface area contributed by atoms with E-state index in [1.54, 1.807) is 0 Å². The van der Waals surface area contributed by atoms with Crippen molar-refractivity contribution in [2.24, 2.45) is 5.41 Å². The van der Waals surface area contributed by atoms with Crippen molar-refractivity contribution in [3.05, 3.63) is 29.8 Å². The molecule has 0 amide bonds. The van der Waals surface area contributed by atoms with E-state index in [-0.39, 0.29) is 17.6 Å². The summed E-state index contributed by atoms with van der Waals surface area (Å²) in [6, 6.07) is 8.25. The molecule has 1 aliphatic rings. The first kappa shape index (κ1) is 12.4. The molecule has 0 spiro atoms. The molecule has 0 saturated carbocycles. The largest absolute Gasteiger partial charge is 0.490 e. The van der Waals surface area contributed by atoms with E-state index in [4.69, 9.17) is 4.74 Å². The fraction of sp³-hybridized carbons (Fsp3) is 0.600. The Morgan fingerprint density at radius 3 is 2.76 bits per heavy atom. The van der Waals surface area contributed by atoms with Crippen LogP contribution in [0.1, 0.15) is 39.2 Å². The minimum absolute atomic E-state index is 0.126. The van der Waals surface area contributed by atoms with Crippen molar-refractivity contribution >= 4 is 0 Å². The van der Waals surface area contributed by atoms with Gasteiger partial charge in [0.25, 0.3) is 0 Å². The average molecular weight is 234 g/mol. The lowest BCUT2D eigenvalue weighted by Crippen LogP contribution is -2.26. The highest BCUT2D eigenvalue weighted by Crippen LogP contribution is 2.36. The average Bonchev–Trinajstić information content (AvgIpc) is 2.55. The normalized spacial score (nSPS) is 20.8. The fourth-order valence-corrected chi connectivity index (χ4v) is 2.87. The molecule has 0 aromatic heterocycles. The Labute approximate surface area is 104 Å². The highest BCUT2D eigenvalue weighted by Gasteiger charge is 2.30. The monoisotopic (exact) mass is 234 g/mol. The molecule has 0 bridgehead atoms. The van der Waals surface area contributed by atoms with Crippen molar-refractivity contribution < 1.29 is 9.84 Å². The smallest absolute Gasteiger partial charge is 0.123 e. The maximum absolute atomic E-state index is 9.49. The zero-order chi connectivity index (χ0) is 12.5. The first-order chi connectivity index (χ1) is 7.96. The lowest BCUT2D eigenvalue weighted by Gasteiger charge is -2.28. The van der Waals surface area contributed by atoms with Gasteiger partial charge in [-0.3, -0.25) is 0 Å². The van der Waals surface area contributed by atoms with Gasteiger partial charge in [-0.2, -0.15) is 0 Å². The molecule has 2 atom stereocenters. The van der Waals surface area contributed by atoms with Crippen LogP contribution < -0.4 is 4.74 Å². The molecule has 0 fully saturated rings. The quantitative estimate of drug-likeness (QED) is 0.867. The van der Waals surface area contributed by atoms with Gasteiger partial charge >= 0.3 is 0 Å². The minimum Gasteiger partial charge on any atom is -0.490 e. The topological polar surface area (TPSA) is 29.5 Å². The van der Waals surface area contributed by atoms with Crippen LogP contribution in [0.5, 0.6) is 5.75 Å². The lowest BCUT2D eigenvalue weighted by molar-refractivity contribution is 0.0918. The van der Waals surface area contributed by atoms with Gasteiger partial charge in [0.2, 0.25) is 0 Å². The summed E-state index contributed by atoms with van der Waals surface area (Å²) >= 11 is 0. The van der Waals surface area contributed by atoms with Gasteiger partial charge in [0.05, 0.1) is 6.10 Å². The Morgan fingerprint density at radius 1 is 1.41 bits per heavy atom. The summed E-state index contributed by atoms with van der Waals surface area (Å²) in [6.45, 7) is 6.25. The van der Waals surface area contributed by atoms with Gasteiger partial charge in [-0.1, -0.05) is 32.0 Å². The summed E-state index contributed by atoms with van der Waals surface area (Å²) < 4.78 is 5.94. The van der Waals surface area contributed by atoms with Gasteiger partial charge in [-0.05, 0) is 36.8 Å². The molecule has 2 heteroatoms. The summed E-state index contributed by atoms with van der Waals surface area (Å²) in [7, 11) is 0. The van der Waals surface area contributed by atoms with Crippen LogP contribution in [-0.4, -0.2) is 17.3 Å². The molecule has 0 saturated heterocycles. The third-order valence-corrected chi connectivity index (χ3v) is 3.34. The van der Waals surface area contributed by atoms with Crippen molar-refractivity contribution in [3.8, 4) is 5.75 Å². The van der Waals surface area contributed by atoms with Gasteiger partial charge in [-0.15, -0.1) is 0 Å². The number of fused-ring (bicyclic) bond motifs is 1. The van der Waals surface area contributed by atoms with E-state index < -0.39 is 0 Å². The van der Waals surface area contributed by atoms with Crippen LogP contribution in [0.3, 0.4) is 0 Å². The van der Waals surface area contributed by atoms with Crippen LogP contribution in [0, 0.1) is 5.41 Å². The van der Waals surface area contributed by atoms with E-state index in [9.17, 15) is 5.11 Å². The third kappa shape index (κ3) is 3.22. The second-order valence-electron chi connectivity index (χ2n) is 5.97. The molecule has 2 nitrogen and oxygen atoms in total. The predicted octanol–water partition coefficient (Wildman–Crippen LogP) is 3.18. The highest BCUT2D eigenvalue weighted by molar-refractivity contribution is 5.37. The van der Waals surface area contributed by atoms with E-state index in [1.165, 1.54) is 5.56 Å². The van der Waals surface area contributed by atoms with Crippen LogP contribution in [0.25, 0.3) is 0 Å². The first-order valence-electron chi connectivity index (χ1n) is 6.39. The van der Waals surface area contributed by atoms with Crippen molar-refractivity contribution in [2.45, 2.75) is 52.2 Å². The summed E-state index contributed by atoms with van der Waals surface area (Å²) in [5.74, 6) is 1.03. The zero-order valence-electron chi connectivity index (χ0n) is 10.9. The lowest BCUT2D eigenvalue weighted by atomic mass is 9.81. The first-order valence-corrected chi connectivity index (χ1v) is 6.39. The number of para-hydroxylation sites is 1. The number of ether oxygens (including phenoxy) is 1. The van der Waals surface area contributed by atoms with Gasteiger partial charge in [0.1, 0.15) is 11.9 Å². The van der Waals surface area contributed by atoms with Crippen LogP contribution in [0.15, 0.2) is 24.3 Å². The molecular weight excluding hydrogens is 212 g/mol. The van der Waals surface area contributed by atoms with Crippen molar-refractivity contribution in [1.82, 2.24) is 0 Å². The van der Waals surface area contributed by atoms with E-state index in [1.807, 2.05) is 19.1 Å². The molecule has 1 aromatic carbocycles. The zero-order valence-corrected chi connectivity index (χ0v) is 10.9. The molecule has 2 rings (SSSR count). The molecule has 94 valence electrons. The fourth-order valence-electron chi connectivity index (χ4n) is 2.87. The number of benzene rings is 1. The summed E-state index contributed by atoms with van der Waals surface area (Å²) in [4.78, 5) is 0. The van der Waals surface area contributed by atoms with Gasteiger partial charge < -0.3 is 9.84 Å². The van der Waals surface area contributed by atoms with Crippen LogP contribution in [0.4, 0.5) is 0 Å². The molecule has 0 aliphatic carbocycles. The Hall–Kier alpha value is -1.02. The molecule has 1 heterocycles. The van der Waals surface area contributed by atoms with Gasteiger partial charge in [0.15, 0.2) is 0 Å². The Kier molecular flexibility index (Phi) is 3.43. The summed E-state index contributed by atoms with van der Waals surface area (Å²) in [5.41, 5.74) is 1.44. The van der Waals surface area contributed by atoms with Gasteiger partial charge in [-0.25, -0.2) is 0 Å². The molecule has 0 radical (unpaired) electrons. The van der Waals surface area contributed by atoms with Crippen LogP contribution >= 0.6 is 0 Å². The SMILES string of the molecule is CC(O)CC(C)(C)CC1Cc2ccccc2O1. The standard InChI is InChI=1S/C15H22O2/c1-11(16)9-15(2,3)10-13-8-12-6-4-5-7-14(12)17-13/h4-7,11,13,16H,8-10H2,1-3H3. The number of hydrogen-bond acceptors (Lipinski definition) is 2. The van der Waals surface area contributed by atoms with Crippen LogP contribution in [-0.2, 0) is 6.42 Å². The molecule has 1 N–H and O–H groups in total. The van der Waals surface area contributed by atoms with E-state index in [2.05, 4.69) is 26.0 Å². The van der Waals surface area contributed by atoms with Gasteiger partial charge in [0, 0.05) is 6.42 Å². The van der Waals surface area contributed by atoms with E-state index >= 15 is 0 Å². The maximum atomic E-state index is 9.49. The molecular formula is C15H22O2. The molecule has 17 heavy (non-hydrogen) atoms. The number of aliphatic hydroxyl groups is 1. The van der Waals surface area contributed by atoms with E-state index in [0.29, 0.717) is 0 Å². The van der Waals surface area contributed by atoms with Crippen molar-refractivity contribution in [3.63, 3.8) is 0 Å². The van der Waals surface area contributed by atoms with Crippen molar-refractivity contribution in [2.75, 3.05) is 0 Å². The second kappa shape index (κ2) is 4.69. The number of rotatable bonds is 4. The van der Waals surface area contributed by atoms with E-state index in [0.717, 1.165) is 25.0 Å². The summed E-state index contributed by atoms with van der Waals surface area (Å²) in [5, 5.41) is 9.49. The second-order valence-corrected chi connectivity index (χ2v) is 5.97.